The highest BCUT2D eigenvalue weighted by atomic mass is 15.1. The molecule has 0 saturated carbocycles. The summed E-state index contributed by atoms with van der Waals surface area (Å²) in [5.74, 6) is 0.387. The van der Waals surface area contributed by atoms with Crippen LogP contribution in [0.4, 0.5) is 0 Å². The highest BCUT2D eigenvalue weighted by Gasteiger charge is 2.33. The van der Waals surface area contributed by atoms with Gasteiger partial charge in [-0.1, -0.05) is 19.1 Å². The monoisotopic (exact) mass is 166 g/mol. The minimum Gasteiger partial charge on any atom is -0.402 e. The Bertz CT molecular complexity index is 228. The van der Waals surface area contributed by atoms with Crippen molar-refractivity contribution in [3.8, 4) is 0 Å². The van der Waals surface area contributed by atoms with Crippen molar-refractivity contribution >= 4 is 0 Å². The second-order valence-electron chi connectivity index (χ2n) is 3.87. The summed E-state index contributed by atoms with van der Waals surface area (Å²) in [6.07, 6.45) is 6.22. The van der Waals surface area contributed by atoms with E-state index in [1.54, 1.807) is 0 Å². The molecule has 0 bridgehead atoms. The van der Waals surface area contributed by atoms with Gasteiger partial charge in [0.05, 0.1) is 0 Å². The Balaban J connectivity index is 2.95. The Morgan fingerprint density at radius 2 is 2.08 bits per heavy atom. The number of rotatable bonds is 1. The highest BCUT2D eigenvalue weighted by Crippen LogP contribution is 2.30. The van der Waals surface area contributed by atoms with Crippen LogP contribution in [0.3, 0.4) is 0 Å². The molecule has 0 radical (unpaired) electrons. The lowest BCUT2D eigenvalue weighted by atomic mass is 9.80. The van der Waals surface area contributed by atoms with E-state index in [2.05, 4.69) is 38.9 Å². The zero-order valence-electron chi connectivity index (χ0n) is 8.33. The van der Waals surface area contributed by atoms with Crippen molar-refractivity contribution in [3.63, 3.8) is 0 Å². The minimum absolute atomic E-state index is 0.0683. The van der Waals surface area contributed by atoms with E-state index >= 15 is 0 Å². The predicted molar refractivity (Wildman–Crippen MR) is 52.7 cm³/mol. The summed E-state index contributed by atoms with van der Waals surface area (Å²) in [4.78, 5) is 2.20. The Labute approximate surface area is 74.7 Å². The van der Waals surface area contributed by atoms with Gasteiger partial charge in [0.2, 0.25) is 0 Å². The summed E-state index contributed by atoms with van der Waals surface area (Å²) in [5, 5.41) is 0. The third-order valence-corrected chi connectivity index (χ3v) is 3.06. The van der Waals surface area contributed by atoms with Gasteiger partial charge < -0.3 is 5.73 Å². The number of hydrogen-bond donors (Lipinski definition) is 1. The number of allylic oxidation sites excluding steroid dienone is 2. The molecule has 1 aliphatic rings. The Morgan fingerprint density at radius 3 is 2.50 bits per heavy atom. The zero-order valence-corrected chi connectivity index (χ0v) is 8.33. The first kappa shape index (κ1) is 9.33. The van der Waals surface area contributed by atoms with Crippen LogP contribution in [-0.4, -0.2) is 24.5 Å². The van der Waals surface area contributed by atoms with Crippen molar-refractivity contribution in [1.29, 1.82) is 0 Å². The topological polar surface area (TPSA) is 29.3 Å². The lowest BCUT2D eigenvalue weighted by Gasteiger charge is -2.41. The molecule has 0 amide bonds. The molecule has 1 rings (SSSR count). The molecule has 0 aromatic heterocycles. The number of nitrogens with two attached hydrogens (primary N) is 1. The van der Waals surface area contributed by atoms with Crippen LogP contribution in [-0.2, 0) is 0 Å². The summed E-state index contributed by atoms with van der Waals surface area (Å²) < 4.78 is 0. The summed E-state index contributed by atoms with van der Waals surface area (Å²) in [5.41, 5.74) is 6.91. The van der Waals surface area contributed by atoms with Gasteiger partial charge in [-0.2, -0.15) is 0 Å². The van der Waals surface area contributed by atoms with Gasteiger partial charge in [-0.05, 0) is 27.1 Å². The molecule has 2 nitrogen and oxygen atoms in total. The molecule has 0 saturated heterocycles. The molecule has 0 aliphatic heterocycles. The molecule has 0 fully saturated rings. The smallest absolute Gasteiger partial charge is 0.0439 e. The standard InChI is InChI=1S/C10H18N2/c1-8-9(11)6-5-7-10(8,2)12(3)4/h5-8H,11H2,1-4H3. The minimum atomic E-state index is 0.0683. The van der Waals surface area contributed by atoms with Gasteiger partial charge in [-0.3, -0.25) is 4.90 Å². The summed E-state index contributed by atoms with van der Waals surface area (Å²) >= 11 is 0. The van der Waals surface area contributed by atoms with Gasteiger partial charge >= 0.3 is 0 Å². The van der Waals surface area contributed by atoms with Crippen molar-refractivity contribution in [2.45, 2.75) is 19.4 Å². The molecule has 2 unspecified atom stereocenters. The van der Waals surface area contributed by atoms with E-state index < -0.39 is 0 Å². The lowest BCUT2D eigenvalue weighted by Crippen LogP contribution is -2.47. The SMILES string of the molecule is CC1C(N)=CC=CC1(C)N(C)C. The van der Waals surface area contributed by atoms with E-state index in [0.29, 0.717) is 5.92 Å². The Morgan fingerprint density at radius 1 is 1.50 bits per heavy atom. The molecule has 0 aromatic rings. The highest BCUT2D eigenvalue weighted by molar-refractivity contribution is 5.27. The number of nitrogens with zero attached hydrogens (tertiary/aromatic N) is 1. The van der Waals surface area contributed by atoms with Crippen molar-refractivity contribution in [2.75, 3.05) is 14.1 Å². The lowest BCUT2D eigenvalue weighted by molar-refractivity contribution is 0.174. The maximum Gasteiger partial charge on any atom is 0.0439 e. The van der Waals surface area contributed by atoms with Crippen molar-refractivity contribution in [3.05, 3.63) is 23.9 Å². The molecule has 2 atom stereocenters. The fourth-order valence-corrected chi connectivity index (χ4v) is 1.52. The van der Waals surface area contributed by atoms with Gasteiger partial charge in [0, 0.05) is 17.2 Å². The maximum absolute atomic E-state index is 5.87. The second-order valence-corrected chi connectivity index (χ2v) is 3.87. The first-order valence-corrected chi connectivity index (χ1v) is 4.31. The van der Waals surface area contributed by atoms with E-state index in [0.717, 1.165) is 5.70 Å². The predicted octanol–water partition coefficient (Wildman–Crippen LogP) is 1.36. The molecule has 1 aliphatic carbocycles. The molecular formula is C10H18N2. The van der Waals surface area contributed by atoms with Crippen LogP contribution in [0.5, 0.6) is 0 Å². The Hall–Kier alpha value is -0.760. The van der Waals surface area contributed by atoms with E-state index in [1.807, 2.05) is 12.2 Å². The average Bonchev–Trinajstić information content (AvgIpc) is 2.00. The molecule has 0 aromatic carbocycles. The van der Waals surface area contributed by atoms with Gasteiger partial charge in [-0.25, -0.2) is 0 Å². The van der Waals surface area contributed by atoms with Crippen LogP contribution in [0.15, 0.2) is 23.9 Å². The van der Waals surface area contributed by atoms with Crippen molar-refractivity contribution in [1.82, 2.24) is 4.90 Å². The van der Waals surface area contributed by atoms with Crippen molar-refractivity contribution in [2.24, 2.45) is 11.7 Å². The average molecular weight is 166 g/mol. The van der Waals surface area contributed by atoms with Crippen LogP contribution in [0.2, 0.25) is 0 Å². The first-order valence-electron chi connectivity index (χ1n) is 4.31. The van der Waals surface area contributed by atoms with E-state index in [1.165, 1.54) is 0 Å². The van der Waals surface area contributed by atoms with Crippen LogP contribution in [0, 0.1) is 5.92 Å². The summed E-state index contributed by atoms with van der Waals surface area (Å²) in [6, 6.07) is 0. The molecule has 2 N–H and O–H groups in total. The van der Waals surface area contributed by atoms with Crippen LogP contribution < -0.4 is 5.73 Å². The first-order chi connectivity index (χ1) is 5.48. The molecule has 0 spiro atoms. The summed E-state index contributed by atoms with van der Waals surface area (Å²) in [6.45, 7) is 4.36. The van der Waals surface area contributed by atoms with Crippen LogP contribution in [0.25, 0.3) is 0 Å². The largest absolute Gasteiger partial charge is 0.402 e. The Kier molecular flexibility index (Phi) is 2.29. The van der Waals surface area contributed by atoms with Gasteiger partial charge in [0.25, 0.3) is 0 Å². The molecule has 12 heavy (non-hydrogen) atoms. The second kappa shape index (κ2) is 2.94. The normalized spacial score (nSPS) is 35.4. The molecule has 68 valence electrons. The van der Waals surface area contributed by atoms with Gasteiger partial charge in [-0.15, -0.1) is 0 Å². The molecule has 2 heteroatoms. The van der Waals surface area contributed by atoms with Crippen LogP contribution >= 0.6 is 0 Å². The molecule has 0 heterocycles. The van der Waals surface area contributed by atoms with E-state index in [-0.39, 0.29) is 5.54 Å². The summed E-state index contributed by atoms with van der Waals surface area (Å²) in [7, 11) is 4.17. The third-order valence-electron chi connectivity index (χ3n) is 3.06. The fourth-order valence-electron chi connectivity index (χ4n) is 1.52. The van der Waals surface area contributed by atoms with Gasteiger partial charge in [0.1, 0.15) is 0 Å². The quantitative estimate of drug-likeness (QED) is 0.637. The number of hydrogen-bond acceptors (Lipinski definition) is 2. The van der Waals surface area contributed by atoms with Crippen molar-refractivity contribution < 1.29 is 0 Å². The number of likely N-dealkylation sites (N-methyl/N-ethyl adjacent to an activating group) is 1. The van der Waals surface area contributed by atoms with Gasteiger partial charge in [0.15, 0.2) is 0 Å². The maximum atomic E-state index is 5.87. The van der Waals surface area contributed by atoms with E-state index in [9.17, 15) is 0 Å². The molecular weight excluding hydrogens is 148 g/mol. The van der Waals surface area contributed by atoms with E-state index in [4.69, 9.17) is 5.73 Å². The zero-order chi connectivity index (χ0) is 9.35. The third kappa shape index (κ3) is 1.27. The fraction of sp³-hybridized carbons (Fsp3) is 0.600. The van der Waals surface area contributed by atoms with Crippen LogP contribution in [0.1, 0.15) is 13.8 Å².